The Bertz CT molecular complexity index is 771. The topological polar surface area (TPSA) is 90.0 Å². The van der Waals surface area contributed by atoms with E-state index in [1.165, 1.54) is 26.2 Å². The maximum absolute atomic E-state index is 12.3. The largest absolute Gasteiger partial charge is 0.481 e. The van der Waals surface area contributed by atoms with E-state index in [9.17, 15) is 18.0 Å². The van der Waals surface area contributed by atoms with Gasteiger partial charge in [-0.1, -0.05) is 18.5 Å². The van der Waals surface area contributed by atoms with Gasteiger partial charge < -0.3 is 14.4 Å². The molecule has 1 fully saturated rings. The molecule has 0 saturated carbocycles. The summed E-state index contributed by atoms with van der Waals surface area (Å²) in [6.07, 6.45) is 1.86. The zero-order valence-corrected chi connectivity index (χ0v) is 15.7. The van der Waals surface area contributed by atoms with E-state index in [-0.39, 0.29) is 39.5 Å². The SMILES string of the molecule is CCS(=O)(=O)c1ccc(C(=O)OC)c(Cl)c1OCC(=O)N1CCCC1. The average molecular weight is 390 g/mol. The molecule has 1 aliphatic rings. The number of rotatable bonds is 6. The Morgan fingerprint density at radius 3 is 2.44 bits per heavy atom. The van der Waals surface area contributed by atoms with Crippen LogP contribution in [0.4, 0.5) is 0 Å². The standard InChI is InChI=1S/C16H20ClNO6S/c1-3-25(21,22)12-7-6-11(16(20)23-2)14(17)15(12)24-10-13(19)18-8-4-5-9-18/h6-7H,3-5,8-10H2,1-2H3. The van der Waals surface area contributed by atoms with E-state index < -0.39 is 15.8 Å². The molecule has 25 heavy (non-hydrogen) atoms. The van der Waals surface area contributed by atoms with Gasteiger partial charge >= 0.3 is 5.97 Å². The third-order valence-electron chi connectivity index (χ3n) is 3.98. The number of hydrogen-bond acceptors (Lipinski definition) is 6. The van der Waals surface area contributed by atoms with Gasteiger partial charge in [0, 0.05) is 13.1 Å². The van der Waals surface area contributed by atoms with Gasteiger partial charge in [-0.3, -0.25) is 4.79 Å². The van der Waals surface area contributed by atoms with Crippen molar-refractivity contribution in [1.82, 2.24) is 4.90 Å². The summed E-state index contributed by atoms with van der Waals surface area (Å²) < 4.78 is 34.6. The summed E-state index contributed by atoms with van der Waals surface area (Å²) >= 11 is 6.18. The number of sulfone groups is 1. The van der Waals surface area contributed by atoms with Gasteiger partial charge in [-0.15, -0.1) is 0 Å². The first kappa shape index (κ1) is 19.5. The van der Waals surface area contributed by atoms with Crippen LogP contribution < -0.4 is 4.74 Å². The second kappa shape index (κ2) is 8.05. The lowest BCUT2D eigenvalue weighted by molar-refractivity contribution is -0.132. The Labute approximate surface area is 151 Å². The second-order valence-corrected chi connectivity index (χ2v) is 8.15. The van der Waals surface area contributed by atoms with Crippen LogP contribution in [0.5, 0.6) is 5.75 Å². The van der Waals surface area contributed by atoms with E-state index in [0.717, 1.165) is 12.8 Å². The summed E-state index contributed by atoms with van der Waals surface area (Å²) in [4.78, 5) is 25.4. The van der Waals surface area contributed by atoms with Crippen molar-refractivity contribution in [3.63, 3.8) is 0 Å². The molecule has 0 N–H and O–H groups in total. The molecule has 1 amide bonds. The van der Waals surface area contributed by atoms with Crippen LogP contribution in [0, 0.1) is 0 Å². The van der Waals surface area contributed by atoms with E-state index >= 15 is 0 Å². The first-order chi connectivity index (χ1) is 11.8. The number of likely N-dealkylation sites (tertiary alicyclic amines) is 1. The van der Waals surface area contributed by atoms with Gasteiger partial charge in [0.25, 0.3) is 5.91 Å². The van der Waals surface area contributed by atoms with E-state index in [1.807, 2.05) is 0 Å². The minimum atomic E-state index is -3.65. The van der Waals surface area contributed by atoms with Crippen molar-refractivity contribution < 1.29 is 27.5 Å². The summed E-state index contributed by atoms with van der Waals surface area (Å²) in [6, 6.07) is 2.51. The van der Waals surface area contributed by atoms with Crippen LogP contribution in [-0.2, 0) is 19.4 Å². The molecule has 1 heterocycles. The third-order valence-corrected chi connectivity index (χ3v) is 6.11. The van der Waals surface area contributed by atoms with E-state index in [1.54, 1.807) is 4.90 Å². The predicted molar refractivity (Wildman–Crippen MR) is 91.8 cm³/mol. The minimum Gasteiger partial charge on any atom is -0.481 e. The molecular formula is C16H20ClNO6S. The van der Waals surface area contributed by atoms with Crippen molar-refractivity contribution in [2.24, 2.45) is 0 Å². The van der Waals surface area contributed by atoms with Gasteiger partial charge in [0.15, 0.2) is 22.2 Å². The summed E-state index contributed by atoms with van der Waals surface area (Å²) in [5.74, 6) is -1.34. The van der Waals surface area contributed by atoms with E-state index in [4.69, 9.17) is 16.3 Å². The van der Waals surface area contributed by atoms with E-state index in [0.29, 0.717) is 13.1 Å². The second-order valence-electron chi connectivity index (χ2n) is 5.53. The molecule has 0 atom stereocenters. The predicted octanol–water partition coefficient (Wildman–Crippen LogP) is 1.92. The number of ether oxygens (including phenoxy) is 2. The number of halogens is 1. The van der Waals surface area contributed by atoms with Crippen LogP contribution in [0.3, 0.4) is 0 Å². The average Bonchev–Trinajstić information content (AvgIpc) is 3.14. The third kappa shape index (κ3) is 4.24. The molecule has 1 aromatic rings. The smallest absolute Gasteiger partial charge is 0.339 e. The molecule has 1 saturated heterocycles. The fourth-order valence-corrected chi connectivity index (χ4v) is 3.91. The van der Waals surface area contributed by atoms with Gasteiger partial charge in [0.2, 0.25) is 0 Å². The summed E-state index contributed by atoms with van der Waals surface area (Å²) in [7, 11) is -2.47. The zero-order valence-electron chi connectivity index (χ0n) is 14.1. The Balaban J connectivity index is 2.37. The molecule has 1 aliphatic heterocycles. The lowest BCUT2D eigenvalue weighted by Crippen LogP contribution is -2.32. The molecule has 0 unspecified atom stereocenters. The van der Waals surface area contributed by atoms with Crippen LogP contribution in [-0.4, -0.2) is 57.8 Å². The van der Waals surface area contributed by atoms with Crippen molar-refractivity contribution in [2.75, 3.05) is 32.6 Å². The molecular weight excluding hydrogens is 370 g/mol. The summed E-state index contributed by atoms with van der Waals surface area (Å²) in [5.41, 5.74) is -0.0251. The summed E-state index contributed by atoms with van der Waals surface area (Å²) in [5, 5.41) is -0.185. The Kier molecular flexibility index (Phi) is 6.29. The van der Waals surface area contributed by atoms with Crippen LogP contribution in [0.25, 0.3) is 0 Å². The molecule has 1 aromatic carbocycles. The number of hydrogen-bond donors (Lipinski definition) is 0. The monoisotopic (exact) mass is 389 g/mol. The first-order valence-corrected chi connectivity index (χ1v) is 9.89. The molecule has 7 nitrogen and oxygen atoms in total. The van der Waals surface area contributed by atoms with Crippen molar-refractivity contribution in [3.8, 4) is 5.75 Å². The maximum Gasteiger partial charge on any atom is 0.339 e. The molecule has 0 spiro atoms. The Morgan fingerprint density at radius 1 is 1.24 bits per heavy atom. The van der Waals surface area contributed by atoms with Gasteiger partial charge in [0.05, 0.1) is 23.4 Å². The highest BCUT2D eigenvalue weighted by Gasteiger charge is 2.26. The number of methoxy groups -OCH3 is 1. The van der Waals surface area contributed by atoms with Crippen molar-refractivity contribution in [2.45, 2.75) is 24.7 Å². The van der Waals surface area contributed by atoms with Crippen LogP contribution in [0.1, 0.15) is 30.1 Å². The van der Waals surface area contributed by atoms with Crippen molar-refractivity contribution in [3.05, 3.63) is 22.7 Å². The lowest BCUT2D eigenvalue weighted by atomic mass is 10.2. The van der Waals surface area contributed by atoms with Crippen molar-refractivity contribution in [1.29, 1.82) is 0 Å². The maximum atomic E-state index is 12.3. The number of carbonyl (C=O) groups is 2. The van der Waals surface area contributed by atoms with Gasteiger partial charge in [0.1, 0.15) is 4.90 Å². The highest BCUT2D eigenvalue weighted by Crippen LogP contribution is 2.36. The summed E-state index contributed by atoms with van der Waals surface area (Å²) in [6.45, 7) is 2.43. The molecule has 138 valence electrons. The number of nitrogens with zero attached hydrogens (tertiary/aromatic N) is 1. The molecule has 2 rings (SSSR count). The number of esters is 1. The first-order valence-electron chi connectivity index (χ1n) is 7.86. The van der Waals surface area contributed by atoms with Crippen LogP contribution in [0.15, 0.2) is 17.0 Å². The number of amides is 1. The van der Waals surface area contributed by atoms with Crippen molar-refractivity contribution >= 4 is 33.3 Å². The van der Waals surface area contributed by atoms with Gasteiger partial charge in [-0.2, -0.15) is 0 Å². The minimum absolute atomic E-state index is 0.0251. The van der Waals surface area contributed by atoms with Gasteiger partial charge in [-0.25, -0.2) is 13.2 Å². The Morgan fingerprint density at radius 2 is 1.88 bits per heavy atom. The number of carbonyl (C=O) groups excluding carboxylic acids is 2. The fourth-order valence-electron chi connectivity index (χ4n) is 2.53. The van der Waals surface area contributed by atoms with Crippen LogP contribution >= 0.6 is 11.6 Å². The normalized spacial score (nSPS) is 14.4. The van der Waals surface area contributed by atoms with Crippen LogP contribution in [0.2, 0.25) is 5.02 Å². The zero-order chi connectivity index (χ0) is 18.6. The molecule has 0 radical (unpaired) electrons. The highest BCUT2D eigenvalue weighted by molar-refractivity contribution is 7.91. The number of benzene rings is 1. The molecule has 0 aliphatic carbocycles. The highest BCUT2D eigenvalue weighted by atomic mass is 35.5. The molecule has 9 heteroatoms. The van der Waals surface area contributed by atoms with E-state index in [2.05, 4.69) is 4.74 Å². The fraction of sp³-hybridized carbons (Fsp3) is 0.500. The quantitative estimate of drug-likeness (QED) is 0.690. The lowest BCUT2D eigenvalue weighted by Gasteiger charge is -2.18. The molecule has 0 bridgehead atoms. The Hall–Kier alpha value is -1.80. The van der Waals surface area contributed by atoms with Gasteiger partial charge in [-0.05, 0) is 25.0 Å². The molecule has 0 aromatic heterocycles.